The predicted molar refractivity (Wildman–Crippen MR) is 63.7 cm³/mol. The summed E-state index contributed by atoms with van der Waals surface area (Å²) >= 11 is 0. The molecule has 2 aromatic heterocycles. The van der Waals surface area contributed by atoms with Crippen LogP contribution in [-0.2, 0) is 6.54 Å². The fraction of sp³-hybridized carbons (Fsp3) is 0.364. The van der Waals surface area contributed by atoms with Crippen LogP contribution < -0.4 is 10.1 Å². The summed E-state index contributed by atoms with van der Waals surface area (Å²) in [4.78, 5) is 8.14. The molecule has 6 nitrogen and oxygen atoms in total. The van der Waals surface area contributed by atoms with E-state index < -0.39 is 0 Å². The SMILES string of the molecule is CCCOc1cc(NCc2ccn[nH]2)ncn1. The smallest absolute Gasteiger partial charge is 0.218 e. The van der Waals surface area contributed by atoms with Gasteiger partial charge < -0.3 is 10.1 Å². The second-order valence-electron chi connectivity index (χ2n) is 3.53. The zero-order valence-corrected chi connectivity index (χ0v) is 9.68. The van der Waals surface area contributed by atoms with E-state index in [0.717, 1.165) is 17.9 Å². The van der Waals surface area contributed by atoms with E-state index in [-0.39, 0.29) is 0 Å². The van der Waals surface area contributed by atoms with Crippen LogP contribution in [0.5, 0.6) is 5.88 Å². The minimum absolute atomic E-state index is 0.592. The molecule has 0 saturated heterocycles. The number of H-pyrrole nitrogens is 1. The van der Waals surface area contributed by atoms with Crippen molar-refractivity contribution >= 4 is 5.82 Å². The highest BCUT2D eigenvalue weighted by atomic mass is 16.5. The average molecular weight is 233 g/mol. The van der Waals surface area contributed by atoms with Crippen LogP contribution in [0.2, 0.25) is 0 Å². The van der Waals surface area contributed by atoms with Gasteiger partial charge in [-0.3, -0.25) is 5.10 Å². The van der Waals surface area contributed by atoms with Crippen molar-refractivity contribution in [1.82, 2.24) is 20.2 Å². The second kappa shape index (κ2) is 5.83. The van der Waals surface area contributed by atoms with E-state index in [1.165, 1.54) is 6.33 Å². The molecule has 2 aromatic rings. The largest absolute Gasteiger partial charge is 0.478 e. The van der Waals surface area contributed by atoms with Gasteiger partial charge in [-0.1, -0.05) is 6.92 Å². The Balaban J connectivity index is 1.91. The van der Waals surface area contributed by atoms with Gasteiger partial charge in [0.1, 0.15) is 12.1 Å². The Bertz CT molecular complexity index is 443. The molecule has 0 bridgehead atoms. The Labute approximate surface area is 99.4 Å². The Morgan fingerprint density at radius 2 is 2.35 bits per heavy atom. The van der Waals surface area contributed by atoms with Crippen molar-refractivity contribution in [2.75, 3.05) is 11.9 Å². The van der Waals surface area contributed by atoms with E-state index in [1.807, 2.05) is 6.07 Å². The molecule has 2 N–H and O–H groups in total. The molecule has 0 fully saturated rings. The highest BCUT2D eigenvalue weighted by molar-refractivity contribution is 5.37. The molecule has 17 heavy (non-hydrogen) atoms. The zero-order chi connectivity index (χ0) is 11.9. The molecule has 90 valence electrons. The van der Waals surface area contributed by atoms with E-state index in [2.05, 4.69) is 32.4 Å². The quantitative estimate of drug-likeness (QED) is 0.792. The van der Waals surface area contributed by atoms with Gasteiger partial charge in [-0.2, -0.15) is 5.10 Å². The average Bonchev–Trinajstić information content (AvgIpc) is 2.87. The number of hydrogen-bond acceptors (Lipinski definition) is 5. The second-order valence-corrected chi connectivity index (χ2v) is 3.53. The summed E-state index contributed by atoms with van der Waals surface area (Å²) in [6.07, 6.45) is 4.16. The maximum Gasteiger partial charge on any atom is 0.218 e. The third-order valence-corrected chi connectivity index (χ3v) is 2.11. The van der Waals surface area contributed by atoms with Crippen molar-refractivity contribution in [3.63, 3.8) is 0 Å². The zero-order valence-electron chi connectivity index (χ0n) is 9.68. The molecule has 2 heterocycles. The van der Waals surface area contributed by atoms with Gasteiger partial charge in [0.2, 0.25) is 5.88 Å². The summed E-state index contributed by atoms with van der Waals surface area (Å²) < 4.78 is 5.42. The van der Waals surface area contributed by atoms with Gasteiger partial charge in [-0.15, -0.1) is 0 Å². The molecule has 0 radical (unpaired) electrons. The number of aromatic nitrogens is 4. The van der Waals surface area contributed by atoms with Gasteiger partial charge in [0, 0.05) is 12.3 Å². The lowest BCUT2D eigenvalue weighted by Gasteiger charge is -2.06. The van der Waals surface area contributed by atoms with E-state index in [4.69, 9.17) is 4.74 Å². The number of nitrogens with zero attached hydrogens (tertiary/aromatic N) is 3. The lowest BCUT2D eigenvalue weighted by molar-refractivity contribution is 0.305. The first-order chi connectivity index (χ1) is 8.38. The van der Waals surface area contributed by atoms with Crippen LogP contribution in [0.25, 0.3) is 0 Å². The Hall–Kier alpha value is -2.11. The Kier molecular flexibility index (Phi) is 3.90. The van der Waals surface area contributed by atoms with Gasteiger partial charge >= 0.3 is 0 Å². The van der Waals surface area contributed by atoms with Crippen molar-refractivity contribution < 1.29 is 4.74 Å². The molecule has 0 aliphatic carbocycles. The van der Waals surface area contributed by atoms with E-state index >= 15 is 0 Å². The highest BCUT2D eigenvalue weighted by Crippen LogP contribution is 2.11. The lowest BCUT2D eigenvalue weighted by Crippen LogP contribution is -2.03. The summed E-state index contributed by atoms with van der Waals surface area (Å²) in [7, 11) is 0. The number of ether oxygens (including phenoxy) is 1. The van der Waals surface area contributed by atoms with Crippen molar-refractivity contribution in [2.24, 2.45) is 0 Å². The fourth-order valence-corrected chi connectivity index (χ4v) is 1.29. The van der Waals surface area contributed by atoms with E-state index in [0.29, 0.717) is 19.0 Å². The van der Waals surface area contributed by atoms with Gasteiger partial charge in [-0.25, -0.2) is 9.97 Å². The van der Waals surface area contributed by atoms with E-state index in [9.17, 15) is 0 Å². The Morgan fingerprint density at radius 3 is 3.12 bits per heavy atom. The standard InChI is InChI=1S/C11H15N5O/c1-2-5-17-11-6-10(13-8-14-11)12-7-9-3-4-15-16-9/h3-4,6,8H,2,5,7H2,1H3,(H,15,16)(H,12,13,14). The number of rotatable bonds is 6. The molecule has 0 amide bonds. The van der Waals surface area contributed by atoms with Crippen molar-refractivity contribution in [1.29, 1.82) is 0 Å². The predicted octanol–water partition coefficient (Wildman–Crippen LogP) is 1.60. The number of anilines is 1. The molecule has 0 unspecified atom stereocenters. The van der Waals surface area contributed by atoms with Gasteiger partial charge in [-0.05, 0) is 12.5 Å². The molecule has 0 aliphatic heterocycles. The summed E-state index contributed by atoms with van der Waals surface area (Å²) in [5.74, 6) is 1.33. The number of nitrogens with one attached hydrogen (secondary N) is 2. The molecular weight excluding hydrogens is 218 g/mol. The van der Waals surface area contributed by atoms with Gasteiger partial charge in [0.05, 0.1) is 18.8 Å². The summed E-state index contributed by atoms with van der Waals surface area (Å²) in [6.45, 7) is 3.36. The Morgan fingerprint density at radius 1 is 1.41 bits per heavy atom. The first-order valence-corrected chi connectivity index (χ1v) is 5.55. The molecule has 0 atom stereocenters. The summed E-state index contributed by atoms with van der Waals surface area (Å²) in [5, 5.41) is 9.90. The topological polar surface area (TPSA) is 75.7 Å². The minimum Gasteiger partial charge on any atom is -0.478 e. The van der Waals surface area contributed by atoms with Crippen molar-refractivity contribution in [2.45, 2.75) is 19.9 Å². The number of hydrogen-bond donors (Lipinski definition) is 2. The summed E-state index contributed by atoms with van der Waals surface area (Å²) in [5.41, 5.74) is 1.000. The molecular formula is C11H15N5O. The van der Waals surface area contributed by atoms with Crippen molar-refractivity contribution in [3.8, 4) is 5.88 Å². The first-order valence-electron chi connectivity index (χ1n) is 5.55. The van der Waals surface area contributed by atoms with Crippen LogP contribution in [0.3, 0.4) is 0 Å². The minimum atomic E-state index is 0.592. The van der Waals surface area contributed by atoms with Crippen LogP contribution in [0.1, 0.15) is 19.0 Å². The van der Waals surface area contributed by atoms with Crippen LogP contribution in [0.4, 0.5) is 5.82 Å². The normalized spacial score (nSPS) is 10.2. The maximum atomic E-state index is 5.42. The van der Waals surface area contributed by atoms with Crippen LogP contribution in [0.15, 0.2) is 24.7 Å². The highest BCUT2D eigenvalue weighted by Gasteiger charge is 2.00. The van der Waals surface area contributed by atoms with Crippen LogP contribution in [-0.4, -0.2) is 26.8 Å². The fourth-order valence-electron chi connectivity index (χ4n) is 1.29. The molecule has 0 saturated carbocycles. The monoisotopic (exact) mass is 233 g/mol. The third kappa shape index (κ3) is 3.44. The molecule has 0 aliphatic rings. The first kappa shape index (κ1) is 11.4. The third-order valence-electron chi connectivity index (χ3n) is 2.11. The van der Waals surface area contributed by atoms with E-state index in [1.54, 1.807) is 12.3 Å². The van der Waals surface area contributed by atoms with Crippen molar-refractivity contribution in [3.05, 3.63) is 30.4 Å². The molecule has 2 rings (SSSR count). The summed E-state index contributed by atoms with van der Waals surface area (Å²) in [6, 6.07) is 3.69. The molecule has 0 spiro atoms. The molecule has 6 heteroatoms. The maximum absolute atomic E-state index is 5.42. The lowest BCUT2D eigenvalue weighted by atomic mass is 10.4. The van der Waals surface area contributed by atoms with Gasteiger partial charge in [0.15, 0.2) is 0 Å². The van der Waals surface area contributed by atoms with Gasteiger partial charge in [0.25, 0.3) is 0 Å². The van der Waals surface area contributed by atoms with Crippen LogP contribution in [0, 0.1) is 0 Å². The van der Waals surface area contributed by atoms with Crippen LogP contribution >= 0.6 is 0 Å². The molecule has 0 aromatic carbocycles. The number of aromatic amines is 1.